The summed E-state index contributed by atoms with van der Waals surface area (Å²) in [7, 11) is 0. The zero-order chi connectivity index (χ0) is 18.4. The maximum atomic E-state index is 11.2. The van der Waals surface area contributed by atoms with Gasteiger partial charge >= 0.3 is 0 Å². The van der Waals surface area contributed by atoms with E-state index in [4.69, 9.17) is 0 Å². The van der Waals surface area contributed by atoms with Crippen LogP contribution in [-0.2, 0) is 0 Å². The number of aromatic hydroxyl groups is 1. The predicted molar refractivity (Wildman–Crippen MR) is 104 cm³/mol. The van der Waals surface area contributed by atoms with Crippen molar-refractivity contribution in [1.29, 1.82) is 0 Å². The number of nitrogens with zero attached hydrogens (tertiary/aromatic N) is 1. The summed E-state index contributed by atoms with van der Waals surface area (Å²) in [5.41, 5.74) is 3.20. The first-order chi connectivity index (χ1) is 11.9. The fourth-order valence-corrected chi connectivity index (χ4v) is 3.06. The summed E-state index contributed by atoms with van der Waals surface area (Å²) in [6.07, 6.45) is 2.94. The van der Waals surface area contributed by atoms with Gasteiger partial charge in [0.1, 0.15) is 12.0 Å². The first kappa shape index (κ1) is 18.9. The van der Waals surface area contributed by atoms with Crippen molar-refractivity contribution >= 4 is 11.9 Å². The lowest BCUT2D eigenvalue weighted by Crippen LogP contribution is -2.37. The van der Waals surface area contributed by atoms with E-state index in [-0.39, 0.29) is 5.75 Å². The maximum absolute atomic E-state index is 11.2. The summed E-state index contributed by atoms with van der Waals surface area (Å²) in [4.78, 5) is 13.5. The molecule has 25 heavy (non-hydrogen) atoms. The molecule has 0 bridgehead atoms. The Morgan fingerprint density at radius 2 is 1.68 bits per heavy atom. The largest absolute Gasteiger partial charge is 0.507 e. The first-order valence-electron chi connectivity index (χ1n) is 8.74. The average Bonchev–Trinajstić information content (AvgIpc) is 2.59. The lowest BCUT2D eigenvalue weighted by Gasteiger charge is -2.29. The summed E-state index contributed by atoms with van der Waals surface area (Å²) < 4.78 is 0. The summed E-state index contributed by atoms with van der Waals surface area (Å²) >= 11 is 0. The normalized spacial score (nSPS) is 12.2. The topological polar surface area (TPSA) is 40.5 Å². The van der Waals surface area contributed by atoms with Crippen molar-refractivity contribution in [3.05, 3.63) is 71.3 Å². The Kier molecular flexibility index (Phi) is 6.54. The number of carbonyl (C=O) groups is 1. The van der Waals surface area contributed by atoms with Crippen molar-refractivity contribution < 1.29 is 9.90 Å². The summed E-state index contributed by atoms with van der Waals surface area (Å²) in [5, 5.41) is 10.4. The van der Waals surface area contributed by atoms with Crippen molar-refractivity contribution in [2.24, 2.45) is 0 Å². The van der Waals surface area contributed by atoms with E-state index in [0.29, 0.717) is 23.2 Å². The van der Waals surface area contributed by atoms with Gasteiger partial charge in [-0.2, -0.15) is 0 Å². The average molecular weight is 337 g/mol. The van der Waals surface area contributed by atoms with Gasteiger partial charge in [0, 0.05) is 29.8 Å². The molecule has 0 heterocycles. The highest BCUT2D eigenvalue weighted by Crippen LogP contribution is 2.31. The van der Waals surface area contributed by atoms with Gasteiger partial charge in [0.25, 0.3) is 0 Å². The Morgan fingerprint density at radius 3 is 2.24 bits per heavy atom. The summed E-state index contributed by atoms with van der Waals surface area (Å²) in [6, 6.07) is 15.8. The monoisotopic (exact) mass is 337 g/mol. The van der Waals surface area contributed by atoms with Gasteiger partial charge in [-0.3, -0.25) is 9.69 Å². The van der Waals surface area contributed by atoms with Gasteiger partial charge in [-0.1, -0.05) is 36.4 Å². The van der Waals surface area contributed by atoms with Crippen LogP contribution in [-0.4, -0.2) is 34.9 Å². The molecule has 0 aliphatic rings. The van der Waals surface area contributed by atoms with Gasteiger partial charge in [-0.15, -0.1) is 0 Å². The minimum absolute atomic E-state index is 0.182. The number of hydrogen-bond acceptors (Lipinski definition) is 3. The minimum atomic E-state index is 0.182. The minimum Gasteiger partial charge on any atom is -0.507 e. The molecule has 0 radical (unpaired) electrons. The molecular weight excluding hydrogens is 310 g/mol. The smallest absolute Gasteiger partial charge is 0.150 e. The quantitative estimate of drug-likeness (QED) is 0.741. The molecule has 2 rings (SSSR count). The zero-order valence-electron chi connectivity index (χ0n) is 15.4. The Bertz CT molecular complexity index is 725. The van der Waals surface area contributed by atoms with Crippen LogP contribution in [0.3, 0.4) is 0 Å². The molecule has 0 aliphatic carbocycles. The van der Waals surface area contributed by atoms with Crippen LogP contribution in [0, 0.1) is 0 Å². The Balaban J connectivity index is 2.51. The van der Waals surface area contributed by atoms with E-state index in [1.165, 1.54) is 0 Å². The van der Waals surface area contributed by atoms with E-state index >= 15 is 0 Å². The second kappa shape index (κ2) is 8.63. The van der Waals surface area contributed by atoms with Crippen LogP contribution in [0.4, 0.5) is 0 Å². The molecule has 0 unspecified atom stereocenters. The fraction of sp³-hybridized carbons (Fsp3) is 0.318. The molecule has 3 nitrogen and oxygen atoms in total. The van der Waals surface area contributed by atoms with Crippen molar-refractivity contribution in [3.8, 4) is 5.75 Å². The van der Waals surface area contributed by atoms with Crippen molar-refractivity contribution in [1.82, 2.24) is 4.90 Å². The number of benzene rings is 2. The van der Waals surface area contributed by atoms with E-state index < -0.39 is 0 Å². The van der Waals surface area contributed by atoms with Gasteiger partial charge in [0.2, 0.25) is 0 Å². The third kappa shape index (κ3) is 4.80. The molecule has 0 amide bonds. The second-order valence-electron chi connectivity index (χ2n) is 6.76. The number of rotatable bonds is 7. The van der Waals surface area contributed by atoms with Crippen LogP contribution >= 0.6 is 0 Å². The molecule has 0 atom stereocenters. The molecule has 0 aliphatic heterocycles. The van der Waals surface area contributed by atoms with Crippen molar-refractivity contribution in [2.45, 2.75) is 39.8 Å². The van der Waals surface area contributed by atoms with Gasteiger partial charge in [-0.25, -0.2) is 0 Å². The number of phenolic OH excluding ortho intramolecular Hbond substituents is 1. The first-order valence-corrected chi connectivity index (χ1v) is 8.74. The Morgan fingerprint density at radius 1 is 1.04 bits per heavy atom. The number of hydrogen-bond donors (Lipinski definition) is 1. The third-order valence-corrected chi connectivity index (χ3v) is 4.36. The van der Waals surface area contributed by atoms with Crippen molar-refractivity contribution in [2.75, 3.05) is 6.54 Å². The Labute approximate surface area is 150 Å². The van der Waals surface area contributed by atoms with Gasteiger partial charge < -0.3 is 5.11 Å². The van der Waals surface area contributed by atoms with E-state index in [1.54, 1.807) is 18.2 Å². The summed E-state index contributed by atoms with van der Waals surface area (Å²) in [5.74, 6) is 0.182. The molecule has 0 aromatic heterocycles. The zero-order valence-corrected chi connectivity index (χ0v) is 15.4. The molecule has 2 aromatic rings. The van der Waals surface area contributed by atoms with E-state index in [1.807, 2.05) is 30.3 Å². The van der Waals surface area contributed by atoms with Crippen LogP contribution < -0.4 is 0 Å². The number of aldehydes is 1. The predicted octanol–water partition coefficient (Wildman–Crippen LogP) is 4.76. The maximum Gasteiger partial charge on any atom is 0.150 e. The van der Waals surface area contributed by atoms with Crippen LogP contribution in [0.15, 0.2) is 54.6 Å². The van der Waals surface area contributed by atoms with E-state index in [0.717, 1.165) is 24.0 Å². The molecule has 0 spiro atoms. The molecular formula is C22H27NO2. The molecule has 0 saturated heterocycles. The standard InChI is InChI=1S/C22H27NO2/c1-16(2)23(17(3)4)13-12-20(19-8-6-5-7-9-19)21-14-18(15-24)10-11-22(21)25/h5-12,14-17,25H,13H2,1-4H3/b20-12+. The lowest BCUT2D eigenvalue weighted by molar-refractivity contribution is 0.112. The van der Waals surface area contributed by atoms with Crippen LogP contribution in [0.5, 0.6) is 5.75 Å². The molecule has 3 heteroatoms. The molecule has 2 aromatic carbocycles. The van der Waals surface area contributed by atoms with Gasteiger partial charge in [-0.05, 0) is 57.0 Å². The van der Waals surface area contributed by atoms with Gasteiger partial charge in [0.15, 0.2) is 0 Å². The summed E-state index contributed by atoms with van der Waals surface area (Å²) in [6.45, 7) is 9.49. The highest BCUT2D eigenvalue weighted by molar-refractivity contribution is 5.86. The van der Waals surface area contributed by atoms with Crippen molar-refractivity contribution in [3.63, 3.8) is 0 Å². The van der Waals surface area contributed by atoms with Crippen LogP contribution in [0.1, 0.15) is 49.2 Å². The van der Waals surface area contributed by atoms with Gasteiger partial charge in [0.05, 0.1) is 0 Å². The molecule has 0 fully saturated rings. The number of phenols is 1. The molecule has 132 valence electrons. The second-order valence-corrected chi connectivity index (χ2v) is 6.76. The Hall–Kier alpha value is -2.39. The fourth-order valence-electron chi connectivity index (χ4n) is 3.06. The highest BCUT2D eigenvalue weighted by atomic mass is 16.3. The van der Waals surface area contributed by atoms with E-state index in [2.05, 4.69) is 38.7 Å². The number of carbonyl (C=O) groups excluding carboxylic acids is 1. The van der Waals surface area contributed by atoms with Crippen LogP contribution in [0.25, 0.3) is 5.57 Å². The third-order valence-electron chi connectivity index (χ3n) is 4.36. The lowest BCUT2D eigenvalue weighted by atomic mass is 9.95. The molecule has 1 N–H and O–H groups in total. The highest BCUT2D eigenvalue weighted by Gasteiger charge is 2.15. The molecule has 0 saturated carbocycles. The SMILES string of the molecule is CC(C)N(C/C=C(\c1ccccc1)c1cc(C=O)ccc1O)C(C)C. The van der Waals surface area contributed by atoms with E-state index in [9.17, 15) is 9.90 Å². The van der Waals surface area contributed by atoms with Crippen LogP contribution in [0.2, 0.25) is 0 Å².